The third-order valence-electron chi connectivity index (χ3n) is 2.53. The van der Waals surface area contributed by atoms with E-state index in [4.69, 9.17) is 5.73 Å². The molecule has 0 spiro atoms. The molecule has 0 heterocycles. The maximum atomic E-state index is 11.7. The van der Waals surface area contributed by atoms with Gasteiger partial charge in [-0.25, -0.2) is 0 Å². The van der Waals surface area contributed by atoms with Gasteiger partial charge in [-0.2, -0.15) is 0 Å². The van der Waals surface area contributed by atoms with Gasteiger partial charge in [0.15, 0.2) is 0 Å². The first-order chi connectivity index (χ1) is 8.85. The van der Waals surface area contributed by atoms with Crippen molar-refractivity contribution in [1.82, 2.24) is 5.32 Å². The Bertz CT molecular complexity index is 480. The minimum atomic E-state index is -0.499. The zero-order valence-corrected chi connectivity index (χ0v) is 12.2. The Labute approximate surface area is 123 Å². The highest BCUT2D eigenvalue weighted by Crippen LogP contribution is 2.22. The maximum Gasteiger partial charge on any atom is 0.292 e. The lowest BCUT2D eigenvalue weighted by molar-refractivity contribution is -0.383. The van der Waals surface area contributed by atoms with Gasteiger partial charge in [0, 0.05) is 18.2 Å². The molecule has 0 atom stereocenters. The highest BCUT2D eigenvalue weighted by Gasteiger charge is 2.19. The van der Waals surface area contributed by atoms with E-state index >= 15 is 0 Å². The SMILES string of the molecule is CC(C)(CN)NC(=O)CNc1ccccc1[N+](=O)[O-].Cl. The van der Waals surface area contributed by atoms with Gasteiger partial charge in [-0.15, -0.1) is 12.4 Å². The van der Waals surface area contributed by atoms with E-state index in [0.29, 0.717) is 12.2 Å². The number of hydrogen-bond acceptors (Lipinski definition) is 5. The number of rotatable bonds is 6. The summed E-state index contributed by atoms with van der Waals surface area (Å²) in [7, 11) is 0. The number of nitro benzene ring substituents is 1. The van der Waals surface area contributed by atoms with Crippen molar-refractivity contribution in [2.24, 2.45) is 5.73 Å². The minimum absolute atomic E-state index is 0. The van der Waals surface area contributed by atoms with Gasteiger partial charge in [0.05, 0.1) is 11.5 Å². The van der Waals surface area contributed by atoms with Crippen molar-refractivity contribution < 1.29 is 9.72 Å². The summed E-state index contributed by atoms with van der Waals surface area (Å²) in [4.78, 5) is 22.0. The number of para-hydroxylation sites is 2. The molecule has 1 aromatic carbocycles. The minimum Gasteiger partial charge on any atom is -0.371 e. The Balaban J connectivity index is 0.00000361. The van der Waals surface area contributed by atoms with Gasteiger partial charge in [0.1, 0.15) is 5.69 Å². The van der Waals surface area contributed by atoms with Crippen LogP contribution in [0.2, 0.25) is 0 Å². The molecular weight excluding hydrogens is 284 g/mol. The Morgan fingerprint density at radius 3 is 2.55 bits per heavy atom. The Morgan fingerprint density at radius 2 is 2.00 bits per heavy atom. The molecule has 0 bridgehead atoms. The summed E-state index contributed by atoms with van der Waals surface area (Å²) >= 11 is 0. The molecular formula is C12H19ClN4O3. The summed E-state index contributed by atoms with van der Waals surface area (Å²) in [5.74, 6) is -0.270. The summed E-state index contributed by atoms with van der Waals surface area (Å²) in [6, 6.07) is 6.17. The van der Waals surface area contributed by atoms with Crippen LogP contribution in [-0.2, 0) is 4.79 Å². The predicted molar refractivity (Wildman–Crippen MR) is 80.1 cm³/mol. The number of amides is 1. The number of hydrogen-bond donors (Lipinski definition) is 3. The first kappa shape index (κ1) is 18.1. The van der Waals surface area contributed by atoms with Crippen molar-refractivity contribution in [2.45, 2.75) is 19.4 Å². The van der Waals surface area contributed by atoms with Crippen LogP contribution in [0.15, 0.2) is 24.3 Å². The van der Waals surface area contributed by atoms with Gasteiger partial charge >= 0.3 is 0 Å². The van der Waals surface area contributed by atoms with Crippen LogP contribution < -0.4 is 16.4 Å². The number of carbonyl (C=O) groups is 1. The van der Waals surface area contributed by atoms with Crippen LogP contribution >= 0.6 is 12.4 Å². The van der Waals surface area contributed by atoms with E-state index in [1.54, 1.807) is 32.0 Å². The molecule has 0 aliphatic heterocycles. The molecule has 8 heteroatoms. The van der Waals surface area contributed by atoms with Crippen molar-refractivity contribution in [3.8, 4) is 0 Å². The standard InChI is InChI=1S/C12H18N4O3.ClH/c1-12(2,8-13)15-11(17)7-14-9-5-3-4-6-10(9)16(18)19;/h3-6,14H,7-8,13H2,1-2H3,(H,15,17);1H. The maximum absolute atomic E-state index is 11.7. The van der Waals surface area contributed by atoms with Crippen LogP contribution in [-0.4, -0.2) is 29.5 Å². The second kappa shape index (κ2) is 7.66. The molecule has 0 aliphatic carbocycles. The second-order valence-corrected chi connectivity index (χ2v) is 4.76. The highest BCUT2D eigenvalue weighted by molar-refractivity contribution is 5.85. The van der Waals surface area contributed by atoms with Gasteiger partial charge in [-0.05, 0) is 19.9 Å². The van der Waals surface area contributed by atoms with Crippen LogP contribution in [0.4, 0.5) is 11.4 Å². The molecule has 0 radical (unpaired) electrons. The summed E-state index contributed by atoms with van der Waals surface area (Å²) in [6.07, 6.45) is 0. The van der Waals surface area contributed by atoms with E-state index in [1.807, 2.05) is 0 Å². The van der Waals surface area contributed by atoms with E-state index in [0.717, 1.165) is 0 Å². The fourth-order valence-corrected chi connectivity index (χ4v) is 1.43. The molecule has 1 aromatic rings. The number of carbonyl (C=O) groups excluding carboxylic acids is 1. The highest BCUT2D eigenvalue weighted by atomic mass is 35.5. The van der Waals surface area contributed by atoms with Crippen molar-refractivity contribution in [1.29, 1.82) is 0 Å². The van der Waals surface area contributed by atoms with E-state index in [1.165, 1.54) is 6.07 Å². The van der Waals surface area contributed by atoms with E-state index in [9.17, 15) is 14.9 Å². The van der Waals surface area contributed by atoms with Gasteiger partial charge in [0.2, 0.25) is 5.91 Å². The van der Waals surface area contributed by atoms with Crippen molar-refractivity contribution >= 4 is 29.7 Å². The second-order valence-electron chi connectivity index (χ2n) is 4.76. The molecule has 0 saturated heterocycles. The summed E-state index contributed by atoms with van der Waals surface area (Å²) < 4.78 is 0. The summed E-state index contributed by atoms with van der Waals surface area (Å²) in [6.45, 7) is 3.87. The number of nitro groups is 1. The Hall–Kier alpha value is -1.86. The lowest BCUT2D eigenvalue weighted by atomic mass is 10.1. The van der Waals surface area contributed by atoms with Gasteiger partial charge in [0.25, 0.3) is 5.69 Å². The molecule has 4 N–H and O–H groups in total. The van der Waals surface area contributed by atoms with Crippen molar-refractivity contribution in [2.75, 3.05) is 18.4 Å². The van der Waals surface area contributed by atoms with Crippen molar-refractivity contribution in [3.63, 3.8) is 0 Å². The van der Waals surface area contributed by atoms with E-state index < -0.39 is 10.5 Å². The lowest BCUT2D eigenvalue weighted by Crippen LogP contribution is -2.50. The van der Waals surface area contributed by atoms with Crippen LogP contribution in [0.1, 0.15) is 13.8 Å². The summed E-state index contributed by atoms with van der Waals surface area (Å²) in [5, 5.41) is 16.3. The Kier molecular flexibility index (Phi) is 6.95. The number of benzene rings is 1. The molecule has 0 aromatic heterocycles. The molecule has 20 heavy (non-hydrogen) atoms. The van der Waals surface area contributed by atoms with E-state index in [-0.39, 0.29) is 30.5 Å². The third-order valence-corrected chi connectivity index (χ3v) is 2.53. The molecule has 1 amide bonds. The first-order valence-corrected chi connectivity index (χ1v) is 5.84. The van der Waals surface area contributed by atoms with Crippen LogP contribution in [0.5, 0.6) is 0 Å². The number of nitrogens with zero attached hydrogens (tertiary/aromatic N) is 1. The molecule has 0 unspecified atom stereocenters. The average Bonchev–Trinajstić information content (AvgIpc) is 2.36. The fourth-order valence-electron chi connectivity index (χ4n) is 1.43. The molecule has 7 nitrogen and oxygen atoms in total. The monoisotopic (exact) mass is 302 g/mol. The first-order valence-electron chi connectivity index (χ1n) is 5.84. The smallest absolute Gasteiger partial charge is 0.292 e. The molecule has 0 fully saturated rings. The normalized spacial score (nSPS) is 10.3. The molecule has 0 aliphatic rings. The van der Waals surface area contributed by atoms with Crippen LogP contribution in [0.3, 0.4) is 0 Å². The average molecular weight is 303 g/mol. The Morgan fingerprint density at radius 1 is 1.40 bits per heavy atom. The van der Waals surface area contributed by atoms with Crippen molar-refractivity contribution in [3.05, 3.63) is 34.4 Å². The van der Waals surface area contributed by atoms with Gasteiger partial charge < -0.3 is 16.4 Å². The number of nitrogens with two attached hydrogens (primary N) is 1. The van der Waals surface area contributed by atoms with Crippen LogP contribution in [0.25, 0.3) is 0 Å². The lowest BCUT2D eigenvalue weighted by Gasteiger charge is -2.24. The van der Waals surface area contributed by atoms with Crippen LogP contribution in [0, 0.1) is 10.1 Å². The number of halogens is 1. The quantitative estimate of drug-likeness (QED) is 0.541. The topological polar surface area (TPSA) is 110 Å². The molecule has 1 rings (SSSR count). The largest absolute Gasteiger partial charge is 0.371 e. The molecule has 0 saturated carbocycles. The molecule has 112 valence electrons. The van der Waals surface area contributed by atoms with Gasteiger partial charge in [-0.1, -0.05) is 12.1 Å². The zero-order valence-electron chi connectivity index (χ0n) is 11.4. The van der Waals surface area contributed by atoms with Gasteiger partial charge in [-0.3, -0.25) is 14.9 Å². The van der Waals surface area contributed by atoms with E-state index in [2.05, 4.69) is 10.6 Å². The predicted octanol–water partition coefficient (Wildman–Crippen LogP) is 1.28. The summed E-state index contributed by atoms with van der Waals surface area (Å²) in [5.41, 5.74) is 5.25. The number of anilines is 1. The zero-order chi connectivity index (χ0) is 14.5. The number of nitrogens with one attached hydrogen (secondary N) is 2. The third kappa shape index (κ3) is 5.41. The fraction of sp³-hybridized carbons (Fsp3) is 0.417.